The number of benzene rings is 1. The molecule has 1 rings (SSSR count). The average Bonchev–Trinajstić information content (AvgIpc) is 2.31. The van der Waals surface area contributed by atoms with Gasteiger partial charge in [-0.3, -0.25) is 4.72 Å². The van der Waals surface area contributed by atoms with Gasteiger partial charge in [0.25, 0.3) is 0 Å². The lowest BCUT2D eigenvalue weighted by atomic mass is 10.2. The lowest BCUT2D eigenvalue weighted by Gasteiger charge is -2.11. The SMILES string of the molecule is CCCS(=O)(=O)Nc1cc(S(=O)(=O)NC)ccc1C. The molecule has 0 aliphatic heterocycles. The van der Waals surface area contributed by atoms with Crippen LogP contribution in [-0.2, 0) is 20.0 Å². The van der Waals surface area contributed by atoms with Crippen LogP contribution in [0.5, 0.6) is 0 Å². The minimum Gasteiger partial charge on any atom is -0.283 e. The molecule has 0 radical (unpaired) electrons. The van der Waals surface area contributed by atoms with Crippen LogP contribution in [0.1, 0.15) is 18.9 Å². The van der Waals surface area contributed by atoms with E-state index in [0.717, 1.165) is 0 Å². The standard InChI is InChI=1S/C11H18N2O4S2/c1-4-7-18(14,15)13-11-8-10(6-5-9(11)2)19(16,17)12-3/h5-6,8,12-13H,4,7H2,1-3H3. The van der Waals surface area contributed by atoms with Crippen LogP contribution < -0.4 is 9.44 Å². The highest BCUT2D eigenvalue weighted by atomic mass is 32.2. The van der Waals surface area contributed by atoms with Gasteiger partial charge in [-0.15, -0.1) is 0 Å². The van der Waals surface area contributed by atoms with Gasteiger partial charge in [0.15, 0.2) is 0 Å². The molecule has 0 aliphatic rings. The smallest absolute Gasteiger partial charge is 0.240 e. The summed E-state index contributed by atoms with van der Waals surface area (Å²) in [6.45, 7) is 3.47. The van der Waals surface area contributed by atoms with Crippen molar-refractivity contribution >= 4 is 25.7 Å². The van der Waals surface area contributed by atoms with E-state index >= 15 is 0 Å². The minimum absolute atomic E-state index is 0.00452. The quantitative estimate of drug-likeness (QED) is 0.822. The molecule has 19 heavy (non-hydrogen) atoms. The number of anilines is 1. The zero-order valence-corrected chi connectivity index (χ0v) is 12.7. The van der Waals surface area contributed by atoms with Crippen molar-refractivity contribution in [3.05, 3.63) is 23.8 Å². The van der Waals surface area contributed by atoms with Crippen molar-refractivity contribution in [3.8, 4) is 0 Å². The summed E-state index contributed by atoms with van der Waals surface area (Å²) in [5.74, 6) is -0.00452. The lowest BCUT2D eigenvalue weighted by molar-refractivity contribution is 0.587. The highest BCUT2D eigenvalue weighted by Gasteiger charge is 2.15. The van der Waals surface area contributed by atoms with Crippen molar-refractivity contribution in [3.63, 3.8) is 0 Å². The van der Waals surface area contributed by atoms with Gasteiger partial charge in [-0.25, -0.2) is 21.6 Å². The molecule has 0 heterocycles. The second-order valence-corrected chi connectivity index (χ2v) is 7.83. The fraction of sp³-hybridized carbons (Fsp3) is 0.455. The first-order valence-corrected chi connectivity index (χ1v) is 8.90. The summed E-state index contributed by atoms with van der Waals surface area (Å²) < 4.78 is 51.3. The van der Waals surface area contributed by atoms with Gasteiger partial charge in [-0.1, -0.05) is 13.0 Å². The Morgan fingerprint density at radius 2 is 1.79 bits per heavy atom. The molecule has 0 saturated heterocycles. The molecule has 0 aliphatic carbocycles. The van der Waals surface area contributed by atoms with Crippen molar-refractivity contribution in [2.24, 2.45) is 0 Å². The Morgan fingerprint density at radius 1 is 1.16 bits per heavy atom. The van der Waals surface area contributed by atoms with Crippen LogP contribution in [0, 0.1) is 6.92 Å². The Labute approximate surface area is 114 Å². The Morgan fingerprint density at radius 3 is 2.32 bits per heavy atom. The van der Waals surface area contributed by atoms with Crippen LogP contribution in [0.4, 0.5) is 5.69 Å². The maximum atomic E-state index is 11.7. The van der Waals surface area contributed by atoms with Gasteiger partial charge < -0.3 is 0 Å². The number of hydrogen-bond acceptors (Lipinski definition) is 4. The number of rotatable bonds is 6. The zero-order valence-electron chi connectivity index (χ0n) is 11.1. The van der Waals surface area contributed by atoms with Gasteiger partial charge in [-0.2, -0.15) is 0 Å². The molecule has 0 amide bonds. The molecule has 2 N–H and O–H groups in total. The Kier molecular flexibility index (Phi) is 4.94. The molecule has 1 aromatic carbocycles. The first kappa shape index (κ1) is 15.9. The van der Waals surface area contributed by atoms with Gasteiger partial charge in [0.2, 0.25) is 20.0 Å². The van der Waals surface area contributed by atoms with E-state index in [2.05, 4.69) is 9.44 Å². The molecule has 0 fully saturated rings. The molecule has 0 spiro atoms. The number of sulfonamides is 2. The van der Waals surface area contributed by atoms with Crippen LogP contribution in [0.25, 0.3) is 0 Å². The molecule has 108 valence electrons. The summed E-state index contributed by atoms with van der Waals surface area (Å²) in [5.41, 5.74) is 0.944. The van der Waals surface area contributed by atoms with Crippen molar-refractivity contribution in [1.29, 1.82) is 0 Å². The lowest BCUT2D eigenvalue weighted by Crippen LogP contribution is -2.20. The predicted octanol–water partition coefficient (Wildman–Crippen LogP) is 1.05. The molecule has 6 nitrogen and oxygen atoms in total. The topological polar surface area (TPSA) is 92.3 Å². The summed E-state index contributed by atoms with van der Waals surface area (Å²) >= 11 is 0. The molecular formula is C11H18N2O4S2. The second-order valence-electron chi connectivity index (χ2n) is 4.11. The van der Waals surface area contributed by atoms with E-state index in [1.807, 2.05) is 0 Å². The Balaban J connectivity index is 3.20. The normalized spacial score (nSPS) is 12.4. The molecule has 0 bridgehead atoms. The number of hydrogen-bond donors (Lipinski definition) is 2. The van der Waals surface area contributed by atoms with Crippen LogP contribution in [-0.4, -0.2) is 29.6 Å². The maximum absolute atomic E-state index is 11.7. The summed E-state index contributed by atoms with van der Waals surface area (Å²) in [6, 6.07) is 4.31. The van der Waals surface area contributed by atoms with Gasteiger partial charge in [0, 0.05) is 0 Å². The third-order valence-electron chi connectivity index (χ3n) is 2.53. The minimum atomic E-state index is -3.59. The van der Waals surface area contributed by atoms with E-state index in [1.165, 1.54) is 19.2 Å². The van der Waals surface area contributed by atoms with E-state index in [9.17, 15) is 16.8 Å². The van der Waals surface area contributed by atoms with Gasteiger partial charge in [-0.05, 0) is 38.1 Å². The second kappa shape index (κ2) is 5.89. The van der Waals surface area contributed by atoms with E-state index < -0.39 is 20.0 Å². The molecule has 8 heteroatoms. The van der Waals surface area contributed by atoms with Crippen LogP contribution >= 0.6 is 0 Å². The Bertz CT molecular complexity index is 651. The first-order valence-electron chi connectivity index (χ1n) is 5.76. The van der Waals surface area contributed by atoms with Crippen molar-refractivity contribution in [2.45, 2.75) is 25.2 Å². The van der Waals surface area contributed by atoms with Crippen LogP contribution in [0.3, 0.4) is 0 Å². The third-order valence-corrected chi connectivity index (χ3v) is 5.41. The van der Waals surface area contributed by atoms with E-state index in [4.69, 9.17) is 0 Å². The maximum Gasteiger partial charge on any atom is 0.240 e. The third kappa shape index (κ3) is 4.19. The fourth-order valence-electron chi connectivity index (χ4n) is 1.48. The van der Waals surface area contributed by atoms with Crippen molar-refractivity contribution < 1.29 is 16.8 Å². The van der Waals surface area contributed by atoms with E-state index in [1.54, 1.807) is 19.9 Å². The van der Waals surface area contributed by atoms with Gasteiger partial charge in [0.1, 0.15) is 0 Å². The molecular weight excluding hydrogens is 288 g/mol. The first-order chi connectivity index (χ1) is 8.72. The molecule has 0 saturated carbocycles. The van der Waals surface area contributed by atoms with Crippen molar-refractivity contribution in [2.75, 3.05) is 17.5 Å². The summed E-state index contributed by atoms with van der Waals surface area (Å²) in [4.78, 5) is 0.0230. The van der Waals surface area contributed by atoms with Crippen LogP contribution in [0.2, 0.25) is 0 Å². The molecule has 0 unspecified atom stereocenters. The molecule has 1 aromatic rings. The highest BCUT2D eigenvalue weighted by molar-refractivity contribution is 7.92. The number of aryl methyl sites for hydroxylation is 1. The zero-order chi connectivity index (χ0) is 14.7. The Hall–Kier alpha value is -1.12. The number of nitrogens with one attached hydrogen (secondary N) is 2. The fourth-order valence-corrected chi connectivity index (χ4v) is 3.43. The van der Waals surface area contributed by atoms with E-state index in [0.29, 0.717) is 12.0 Å². The molecule has 0 aromatic heterocycles. The average molecular weight is 306 g/mol. The van der Waals surface area contributed by atoms with Gasteiger partial charge in [0.05, 0.1) is 16.3 Å². The van der Waals surface area contributed by atoms with Gasteiger partial charge >= 0.3 is 0 Å². The largest absolute Gasteiger partial charge is 0.283 e. The summed E-state index contributed by atoms with van der Waals surface area (Å²) in [7, 11) is -5.73. The van der Waals surface area contributed by atoms with E-state index in [-0.39, 0.29) is 16.3 Å². The molecule has 0 atom stereocenters. The predicted molar refractivity (Wildman–Crippen MR) is 75.1 cm³/mol. The van der Waals surface area contributed by atoms with Crippen molar-refractivity contribution in [1.82, 2.24) is 4.72 Å². The summed E-state index contributed by atoms with van der Waals surface area (Å²) in [6.07, 6.45) is 0.489. The highest BCUT2D eigenvalue weighted by Crippen LogP contribution is 2.21. The summed E-state index contributed by atoms with van der Waals surface area (Å²) in [5, 5.41) is 0. The monoisotopic (exact) mass is 306 g/mol. The van der Waals surface area contributed by atoms with Crippen LogP contribution in [0.15, 0.2) is 23.1 Å².